The molecule has 1 unspecified atom stereocenters. The SMILES string of the molecule is Cl.Pc1ccccc1C1CCCCC1. The Bertz CT molecular complexity index is 279. The molecule has 14 heavy (non-hydrogen) atoms. The summed E-state index contributed by atoms with van der Waals surface area (Å²) >= 11 is 0. The van der Waals surface area contributed by atoms with Crippen molar-refractivity contribution in [2.45, 2.75) is 38.0 Å². The molecule has 0 nitrogen and oxygen atoms in total. The summed E-state index contributed by atoms with van der Waals surface area (Å²) in [6.45, 7) is 0. The van der Waals surface area contributed by atoms with E-state index in [0.717, 1.165) is 5.92 Å². The van der Waals surface area contributed by atoms with Crippen molar-refractivity contribution in [1.29, 1.82) is 0 Å². The molecule has 1 aliphatic rings. The van der Waals surface area contributed by atoms with Gasteiger partial charge in [-0.2, -0.15) is 0 Å². The Morgan fingerprint density at radius 1 is 1.00 bits per heavy atom. The van der Waals surface area contributed by atoms with E-state index in [0.29, 0.717) is 0 Å². The van der Waals surface area contributed by atoms with E-state index in [-0.39, 0.29) is 12.4 Å². The van der Waals surface area contributed by atoms with Crippen molar-refractivity contribution in [2.24, 2.45) is 0 Å². The highest BCUT2D eigenvalue weighted by atomic mass is 35.5. The second kappa shape index (κ2) is 5.73. The summed E-state index contributed by atoms with van der Waals surface area (Å²) in [5.41, 5.74) is 1.56. The molecule has 0 amide bonds. The van der Waals surface area contributed by atoms with Crippen LogP contribution in [0.15, 0.2) is 24.3 Å². The van der Waals surface area contributed by atoms with Gasteiger partial charge < -0.3 is 0 Å². The third-order valence-electron chi connectivity index (χ3n) is 3.04. The molecular formula is C12H18ClP. The highest BCUT2D eigenvalue weighted by Gasteiger charge is 2.16. The van der Waals surface area contributed by atoms with Gasteiger partial charge in [0.1, 0.15) is 0 Å². The number of hydrogen-bond donors (Lipinski definition) is 0. The highest BCUT2D eigenvalue weighted by Crippen LogP contribution is 2.32. The standard InChI is InChI=1S/C12H17P.ClH/c13-12-9-5-4-8-11(12)10-6-2-1-3-7-10;/h4-5,8-10H,1-3,6-7,13H2;1H. The average molecular weight is 229 g/mol. The fourth-order valence-electron chi connectivity index (χ4n) is 2.30. The van der Waals surface area contributed by atoms with Crippen LogP contribution in [0.25, 0.3) is 0 Å². The van der Waals surface area contributed by atoms with E-state index in [1.165, 1.54) is 37.4 Å². The molecular weight excluding hydrogens is 211 g/mol. The van der Waals surface area contributed by atoms with Gasteiger partial charge >= 0.3 is 0 Å². The monoisotopic (exact) mass is 228 g/mol. The summed E-state index contributed by atoms with van der Waals surface area (Å²) in [5, 5.41) is 1.40. The zero-order valence-corrected chi connectivity index (χ0v) is 10.4. The molecule has 0 radical (unpaired) electrons. The van der Waals surface area contributed by atoms with E-state index < -0.39 is 0 Å². The molecule has 1 aliphatic carbocycles. The Kier molecular flexibility index (Phi) is 4.92. The molecule has 1 aromatic rings. The first-order valence-corrected chi connectivity index (χ1v) is 5.80. The van der Waals surface area contributed by atoms with E-state index in [2.05, 4.69) is 33.5 Å². The van der Waals surface area contributed by atoms with Crippen molar-refractivity contribution in [3.05, 3.63) is 29.8 Å². The lowest BCUT2D eigenvalue weighted by molar-refractivity contribution is 0.445. The van der Waals surface area contributed by atoms with Crippen molar-refractivity contribution in [3.63, 3.8) is 0 Å². The van der Waals surface area contributed by atoms with Crippen LogP contribution in [0.1, 0.15) is 43.6 Å². The molecule has 1 fully saturated rings. The predicted octanol–water partition coefficient (Wildman–Crippen LogP) is 3.66. The van der Waals surface area contributed by atoms with Crippen LogP contribution in [0, 0.1) is 0 Å². The number of hydrogen-bond acceptors (Lipinski definition) is 0. The molecule has 0 spiro atoms. The van der Waals surface area contributed by atoms with Gasteiger partial charge in [-0.25, -0.2) is 0 Å². The largest absolute Gasteiger partial charge is 0.147 e. The van der Waals surface area contributed by atoms with Crippen LogP contribution < -0.4 is 5.30 Å². The van der Waals surface area contributed by atoms with Gasteiger partial charge in [0.05, 0.1) is 0 Å². The highest BCUT2D eigenvalue weighted by molar-refractivity contribution is 7.27. The third-order valence-corrected chi connectivity index (χ3v) is 3.57. The molecule has 2 rings (SSSR count). The summed E-state index contributed by atoms with van der Waals surface area (Å²) in [7, 11) is 2.86. The van der Waals surface area contributed by atoms with Crippen LogP contribution in [0.3, 0.4) is 0 Å². The van der Waals surface area contributed by atoms with Gasteiger partial charge in [-0.15, -0.1) is 21.6 Å². The lowest BCUT2D eigenvalue weighted by Crippen LogP contribution is -2.11. The van der Waals surface area contributed by atoms with Crippen molar-refractivity contribution < 1.29 is 0 Å². The van der Waals surface area contributed by atoms with Gasteiger partial charge in [0, 0.05) is 0 Å². The molecule has 0 heterocycles. The van der Waals surface area contributed by atoms with Gasteiger partial charge in [0.15, 0.2) is 0 Å². The Morgan fingerprint density at radius 3 is 2.29 bits per heavy atom. The lowest BCUT2D eigenvalue weighted by Gasteiger charge is -2.23. The molecule has 0 aliphatic heterocycles. The second-order valence-electron chi connectivity index (χ2n) is 3.96. The Balaban J connectivity index is 0.000000980. The molecule has 0 aromatic heterocycles. The van der Waals surface area contributed by atoms with Gasteiger partial charge in [0.2, 0.25) is 0 Å². The third kappa shape index (κ3) is 2.72. The fourth-order valence-corrected chi connectivity index (χ4v) is 2.74. The maximum atomic E-state index is 2.86. The molecule has 1 saturated carbocycles. The summed E-state index contributed by atoms with van der Waals surface area (Å²) in [4.78, 5) is 0. The molecule has 2 heteroatoms. The van der Waals surface area contributed by atoms with Crippen LogP contribution in [0.5, 0.6) is 0 Å². The Hall–Kier alpha value is -0.0600. The quantitative estimate of drug-likeness (QED) is 0.644. The number of halogens is 1. The smallest absolute Gasteiger partial charge is 0.0156 e. The van der Waals surface area contributed by atoms with E-state index in [4.69, 9.17) is 0 Å². The summed E-state index contributed by atoms with van der Waals surface area (Å²) in [6, 6.07) is 8.78. The minimum atomic E-state index is 0. The van der Waals surface area contributed by atoms with E-state index in [1.54, 1.807) is 5.56 Å². The van der Waals surface area contributed by atoms with Crippen LogP contribution in [-0.2, 0) is 0 Å². The van der Waals surface area contributed by atoms with Gasteiger partial charge in [0.25, 0.3) is 0 Å². The van der Waals surface area contributed by atoms with Crippen molar-refractivity contribution in [3.8, 4) is 0 Å². The van der Waals surface area contributed by atoms with E-state index in [1.807, 2.05) is 0 Å². The summed E-state index contributed by atoms with van der Waals surface area (Å²) < 4.78 is 0. The first-order valence-electron chi connectivity index (χ1n) is 5.22. The van der Waals surface area contributed by atoms with Crippen molar-refractivity contribution in [1.82, 2.24) is 0 Å². The van der Waals surface area contributed by atoms with E-state index in [9.17, 15) is 0 Å². The van der Waals surface area contributed by atoms with Crippen LogP contribution in [0.4, 0.5) is 0 Å². The van der Waals surface area contributed by atoms with Crippen LogP contribution >= 0.6 is 21.6 Å². The molecule has 0 N–H and O–H groups in total. The molecule has 0 bridgehead atoms. The summed E-state index contributed by atoms with van der Waals surface area (Å²) in [5.74, 6) is 0.836. The maximum Gasteiger partial charge on any atom is -0.0156 e. The molecule has 78 valence electrons. The second-order valence-corrected chi connectivity index (χ2v) is 4.59. The van der Waals surface area contributed by atoms with Crippen molar-refractivity contribution in [2.75, 3.05) is 0 Å². The molecule has 1 atom stereocenters. The first-order chi connectivity index (χ1) is 6.38. The van der Waals surface area contributed by atoms with Gasteiger partial charge in [-0.05, 0) is 29.6 Å². The minimum absolute atomic E-state index is 0. The Labute approximate surface area is 95.1 Å². The molecule has 0 saturated heterocycles. The summed E-state index contributed by atoms with van der Waals surface area (Å²) in [6.07, 6.45) is 7.07. The predicted molar refractivity (Wildman–Crippen MR) is 68.9 cm³/mol. The maximum absolute atomic E-state index is 2.86. The van der Waals surface area contributed by atoms with Gasteiger partial charge in [-0.1, -0.05) is 43.5 Å². The number of benzene rings is 1. The molecule has 1 aromatic carbocycles. The van der Waals surface area contributed by atoms with Crippen LogP contribution in [0.2, 0.25) is 0 Å². The fraction of sp³-hybridized carbons (Fsp3) is 0.500. The lowest BCUT2D eigenvalue weighted by atomic mass is 9.84. The zero-order valence-electron chi connectivity index (χ0n) is 8.41. The minimum Gasteiger partial charge on any atom is -0.147 e. The zero-order chi connectivity index (χ0) is 9.10. The number of rotatable bonds is 1. The van der Waals surface area contributed by atoms with Crippen LogP contribution in [-0.4, -0.2) is 0 Å². The Morgan fingerprint density at radius 2 is 1.64 bits per heavy atom. The normalized spacial score (nSPS) is 17.5. The topological polar surface area (TPSA) is 0 Å². The average Bonchev–Trinajstić information content (AvgIpc) is 2.20. The van der Waals surface area contributed by atoms with Crippen molar-refractivity contribution >= 4 is 27.0 Å². The first kappa shape index (κ1) is 12.0. The van der Waals surface area contributed by atoms with Gasteiger partial charge in [-0.3, -0.25) is 0 Å². The van der Waals surface area contributed by atoms with E-state index >= 15 is 0 Å².